The van der Waals surface area contributed by atoms with Crippen molar-refractivity contribution in [3.63, 3.8) is 0 Å². The van der Waals surface area contributed by atoms with Gasteiger partial charge in [0.25, 0.3) is 0 Å². The molecule has 0 aliphatic rings. The maximum atomic E-state index is 13.2. The molecule has 0 saturated carbocycles. The lowest BCUT2D eigenvalue weighted by atomic mass is 10.1. The summed E-state index contributed by atoms with van der Waals surface area (Å²) in [6.07, 6.45) is 0.219. The van der Waals surface area contributed by atoms with Gasteiger partial charge in [-0.05, 0) is 41.8 Å². The Kier molecular flexibility index (Phi) is 8.10. The van der Waals surface area contributed by atoms with E-state index in [-0.39, 0.29) is 18.2 Å². The molecular formula is C25H24Cl2N2O2. The molecular weight excluding hydrogens is 431 g/mol. The number of hydrogen-bond donors (Lipinski definition) is 1. The standard InChI is InChI=1S/C25H24Cl2N2O2/c1-18(25(31)28-16-21-9-5-6-10-23(21)27)29(17-20-11-13-22(26)14-12-20)24(30)15-19-7-3-2-4-8-19/h2-14,18H,15-17H2,1H3,(H,28,31)/t18-/m1/s1. The number of carbonyl (C=O) groups is 2. The Bertz CT molecular complexity index is 1020. The third-order valence-corrected chi connectivity index (χ3v) is 5.66. The van der Waals surface area contributed by atoms with Crippen LogP contribution in [0.2, 0.25) is 10.0 Å². The first-order chi connectivity index (χ1) is 14.9. The van der Waals surface area contributed by atoms with Gasteiger partial charge >= 0.3 is 0 Å². The number of benzene rings is 3. The van der Waals surface area contributed by atoms with Crippen LogP contribution in [0.1, 0.15) is 23.6 Å². The molecule has 0 fully saturated rings. The monoisotopic (exact) mass is 454 g/mol. The highest BCUT2D eigenvalue weighted by Gasteiger charge is 2.26. The van der Waals surface area contributed by atoms with E-state index in [1.165, 1.54) is 0 Å². The van der Waals surface area contributed by atoms with Gasteiger partial charge < -0.3 is 10.2 Å². The summed E-state index contributed by atoms with van der Waals surface area (Å²) in [5, 5.41) is 4.11. The summed E-state index contributed by atoms with van der Waals surface area (Å²) in [4.78, 5) is 27.7. The lowest BCUT2D eigenvalue weighted by Gasteiger charge is -2.29. The van der Waals surface area contributed by atoms with Gasteiger partial charge in [-0.15, -0.1) is 0 Å². The second-order valence-corrected chi connectivity index (χ2v) is 8.14. The van der Waals surface area contributed by atoms with Crippen molar-refractivity contribution in [2.45, 2.75) is 32.5 Å². The Morgan fingerprint density at radius 1 is 0.871 bits per heavy atom. The second kappa shape index (κ2) is 11.0. The summed E-state index contributed by atoms with van der Waals surface area (Å²) >= 11 is 12.2. The zero-order chi connectivity index (χ0) is 22.2. The molecule has 4 nitrogen and oxygen atoms in total. The van der Waals surface area contributed by atoms with Crippen molar-refractivity contribution in [2.24, 2.45) is 0 Å². The van der Waals surface area contributed by atoms with E-state index in [0.717, 1.165) is 16.7 Å². The van der Waals surface area contributed by atoms with Crippen molar-refractivity contribution in [3.05, 3.63) is 106 Å². The fourth-order valence-corrected chi connectivity index (χ4v) is 3.54. The van der Waals surface area contributed by atoms with E-state index >= 15 is 0 Å². The zero-order valence-corrected chi connectivity index (χ0v) is 18.7. The maximum absolute atomic E-state index is 13.2. The van der Waals surface area contributed by atoms with E-state index in [4.69, 9.17) is 23.2 Å². The average Bonchev–Trinajstić information content (AvgIpc) is 2.78. The van der Waals surface area contributed by atoms with E-state index in [9.17, 15) is 9.59 Å². The zero-order valence-electron chi connectivity index (χ0n) is 17.2. The number of halogens is 2. The summed E-state index contributed by atoms with van der Waals surface area (Å²) in [5.74, 6) is -0.364. The van der Waals surface area contributed by atoms with Crippen LogP contribution in [0.3, 0.4) is 0 Å². The second-order valence-electron chi connectivity index (χ2n) is 7.30. The van der Waals surface area contributed by atoms with Crippen LogP contribution in [0.15, 0.2) is 78.9 Å². The lowest BCUT2D eigenvalue weighted by Crippen LogP contribution is -2.48. The molecule has 0 unspecified atom stereocenters. The molecule has 160 valence electrons. The van der Waals surface area contributed by atoms with Crippen molar-refractivity contribution >= 4 is 35.0 Å². The molecule has 1 atom stereocenters. The number of amides is 2. The van der Waals surface area contributed by atoms with Gasteiger partial charge in [0.15, 0.2) is 0 Å². The fourth-order valence-electron chi connectivity index (χ4n) is 3.21. The van der Waals surface area contributed by atoms with Gasteiger partial charge in [-0.1, -0.05) is 83.9 Å². The van der Waals surface area contributed by atoms with Crippen LogP contribution in [-0.2, 0) is 29.1 Å². The summed E-state index contributed by atoms with van der Waals surface area (Å²) in [5.41, 5.74) is 2.62. The molecule has 2 amide bonds. The van der Waals surface area contributed by atoms with Crippen LogP contribution < -0.4 is 5.32 Å². The Morgan fingerprint density at radius 3 is 2.19 bits per heavy atom. The van der Waals surface area contributed by atoms with Gasteiger partial charge in [0.05, 0.1) is 6.42 Å². The molecule has 0 aromatic heterocycles. The van der Waals surface area contributed by atoms with Gasteiger partial charge in [-0.3, -0.25) is 9.59 Å². The van der Waals surface area contributed by atoms with E-state index in [1.807, 2.05) is 60.7 Å². The van der Waals surface area contributed by atoms with Crippen LogP contribution in [0, 0.1) is 0 Å². The third-order valence-electron chi connectivity index (χ3n) is 5.04. The molecule has 6 heteroatoms. The van der Waals surface area contributed by atoms with E-state index in [1.54, 1.807) is 30.0 Å². The predicted octanol–water partition coefficient (Wildman–Crippen LogP) is 5.27. The van der Waals surface area contributed by atoms with E-state index in [2.05, 4.69) is 5.32 Å². The normalized spacial score (nSPS) is 11.6. The highest BCUT2D eigenvalue weighted by molar-refractivity contribution is 6.31. The number of rotatable bonds is 8. The van der Waals surface area contributed by atoms with Crippen molar-refractivity contribution in [3.8, 4) is 0 Å². The Labute approximate surface area is 192 Å². The van der Waals surface area contributed by atoms with Crippen molar-refractivity contribution in [1.29, 1.82) is 0 Å². The van der Waals surface area contributed by atoms with Gasteiger partial charge in [0, 0.05) is 23.1 Å². The number of nitrogens with one attached hydrogen (secondary N) is 1. The molecule has 0 aliphatic carbocycles. The highest BCUT2D eigenvalue weighted by Crippen LogP contribution is 2.17. The Balaban J connectivity index is 1.74. The topological polar surface area (TPSA) is 49.4 Å². The van der Waals surface area contributed by atoms with E-state index < -0.39 is 6.04 Å². The average molecular weight is 455 g/mol. The summed E-state index contributed by atoms with van der Waals surface area (Å²) in [6, 6.07) is 23.5. The minimum Gasteiger partial charge on any atom is -0.350 e. The van der Waals surface area contributed by atoms with Crippen molar-refractivity contribution in [2.75, 3.05) is 0 Å². The largest absolute Gasteiger partial charge is 0.350 e. The summed E-state index contributed by atoms with van der Waals surface area (Å²) in [6.45, 7) is 2.34. The molecule has 0 bridgehead atoms. The van der Waals surface area contributed by atoms with Crippen LogP contribution in [0.25, 0.3) is 0 Å². The fraction of sp³-hybridized carbons (Fsp3) is 0.200. The number of hydrogen-bond acceptors (Lipinski definition) is 2. The van der Waals surface area contributed by atoms with Gasteiger partial charge in [0.1, 0.15) is 6.04 Å². The first kappa shape index (κ1) is 22.9. The number of nitrogens with zero attached hydrogens (tertiary/aromatic N) is 1. The molecule has 0 spiro atoms. The first-order valence-corrected chi connectivity index (χ1v) is 10.8. The van der Waals surface area contributed by atoms with Crippen LogP contribution in [0.4, 0.5) is 0 Å². The summed E-state index contributed by atoms with van der Waals surface area (Å²) < 4.78 is 0. The van der Waals surface area contributed by atoms with Crippen LogP contribution >= 0.6 is 23.2 Å². The quantitative estimate of drug-likeness (QED) is 0.503. The molecule has 0 heterocycles. The van der Waals surface area contributed by atoms with Gasteiger partial charge in [0.2, 0.25) is 11.8 Å². The third kappa shape index (κ3) is 6.58. The van der Waals surface area contributed by atoms with Crippen molar-refractivity contribution in [1.82, 2.24) is 10.2 Å². The Hall–Kier alpha value is -2.82. The molecule has 0 saturated heterocycles. The minimum atomic E-state index is -0.658. The molecule has 3 rings (SSSR count). The summed E-state index contributed by atoms with van der Waals surface area (Å²) in [7, 11) is 0. The first-order valence-electron chi connectivity index (χ1n) is 10.0. The van der Waals surface area contributed by atoms with Gasteiger partial charge in [-0.25, -0.2) is 0 Å². The molecule has 1 N–H and O–H groups in total. The SMILES string of the molecule is C[C@H](C(=O)NCc1ccccc1Cl)N(Cc1ccc(Cl)cc1)C(=O)Cc1ccccc1. The molecule has 31 heavy (non-hydrogen) atoms. The predicted molar refractivity (Wildman–Crippen MR) is 125 cm³/mol. The highest BCUT2D eigenvalue weighted by atomic mass is 35.5. The molecule has 3 aromatic rings. The Morgan fingerprint density at radius 2 is 1.52 bits per heavy atom. The minimum absolute atomic E-state index is 0.124. The molecule has 0 aliphatic heterocycles. The van der Waals surface area contributed by atoms with Crippen LogP contribution in [-0.4, -0.2) is 22.8 Å². The lowest BCUT2D eigenvalue weighted by molar-refractivity contribution is -0.140. The van der Waals surface area contributed by atoms with Gasteiger partial charge in [-0.2, -0.15) is 0 Å². The smallest absolute Gasteiger partial charge is 0.242 e. The maximum Gasteiger partial charge on any atom is 0.242 e. The van der Waals surface area contributed by atoms with E-state index in [0.29, 0.717) is 23.1 Å². The van der Waals surface area contributed by atoms with Crippen molar-refractivity contribution < 1.29 is 9.59 Å². The van der Waals surface area contributed by atoms with Crippen LogP contribution in [0.5, 0.6) is 0 Å². The number of carbonyl (C=O) groups excluding carboxylic acids is 2. The molecule has 3 aromatic carbocycles. The molecule has 0 radical (unpaired) electrons.